The van der Waals surface area contributed by atoms with Crippen molar-refractivity contribution in [1.29, 1.82) is 0 Å². The second-order valence-electron chi connectivity index (χ2n) is 6.72. The van der Waals surface area contributed by atoms with Gasteiger partial charge in [0.25, 0.3) is 0 Å². The largest absolute Gasteiger partial charge is 0.497 e. The van der Waals surface area contributed by atoms with Gasteiger partial charge in [-0.1, -0.05) is 0 Å². The van der Waals surface area contributed by atoms with Crippen LogP contribution in [0.25, 0.3) is 0 Å². The van der Waals surface area contributed by atoms with E-state index >= 15 is 0 Å². The van der Waals surface area contributed by atoms with E-state index in [0.717, 1.165) is 22.7 Å². The minimum Gasteiger partial charge on any atom is -0.497 e. The number of hydrogen-bond donors (Lipinski definition) is 1. The fourth-order valence-corrected chi connectivity index (χ4v) is 3.77. The van der Waals surface area contributed by atoms with Crippen LogP contribution in [-0.2, 0) is 17.9 Å². The van der Waals surface area contributed by atoms with Crippen LogP contribution in [0.4, 0.5) is 5.00 Å². The highest BCUT2D eigenvalue weighted by Gasteiger charge is 2.24. The van der Waals surface area contributed by atoms with E-state index in [1.807, 2.05) is 24.3 Å². The van der Waals surface area contributed by atoms with Gasteiger partial charge in [-0.2, -0.15) is 4.37 Å². The molecule has 0 saturated heterocycles. The summed E-state index contributed by atoms with van der Waals surface area (Å²) in [6.45, 7) is 0.554. The fourth-order valence-electron chi connectivity index (χ4n) is 3.05. The number of rotatable bonds is 11. The van der Waals surface area contributed by atoms with Crippen LogP contribution in [0.2, 0.25) is 0 Å². The monoisotopic (exact) mass is 474 g/mol. The summed E-state index contributed by atoms with van der Waals surface area (Å²) in [4.78, 5) is 12.5. The lowest BCUT2D eigenvalue weighted by Crippen LogP contribution is -2.09. The van der Waals surface area contributed by atoms with Crippen molar-refractivity contribution in [1.82, 2.24) is 4.37 Å². The van der Waals surface area contributed by atoms with Crippen molar-refractivity contribution in [3.05, 3.63) is 53.1 Å². The van der Waals surface area contributed by atoms with Gasteiger partial charge < -0.3 is 33.7 Å². The van der Waals surface area contributed by atoms with Gasteiger partial charge in [0.15, 0.2) is 5.56 Å². The van der Waals surface area contributed by atoms with Crippen LogP contribution >= 0.6 is 11.5 Å². The lowest BCUT2D eigenvalue weighted by molar-refractivity contribution is 0.0596. The van der Waals surface area contributed by atoms with Gasteiger partial charge in [0.1, 0.15) is 34.6 Å². The van der Waals surface area contributed by atoms with Crippen LogP contribution in [0.3, 0.4) is 0 Å². The Morgan fingerprint density at radius 1 is 0.909 bits per heavy atom. The maximum absolute atomic E-state index is 12.5. The molecule has 10 heteroatoms. The van der Waals surface area contributed by atoms with Gasteiger partial charge in [0.05, 0.1) is 35.5 Å². The van der Waals surface area contributed by atoms with Crippen LogP contribution < -0.4 is 29.0 Å². The van der Waals surface area contributed by atoms with Crippen molar-refractivity contribution in [2.45, 2.75) is 13.2 Å². The molecule has 33 heavy (non-hydrogen) atoms. The van der Waals surface area contributed by atoms with Gasteiger partial charge in [-0.15, -0.1) is 0 Å². The standard InChI is InChI=1S/C23H26N2O7S/c1-27-16-7-6-15(19(11-16)30-4)12-24-22-20(23(26)31-5)21(25-33-22)32-13-14-8-17(28-2)10-18(9-14)29-3/h6-11,24H,12-13H2,1-5H3. The molecule has 0 bridgehead atoms. The predicted molar refractivity (Wildman–Crippen MR) is 124 cm³/mol. The van der Waals surface area contributed by atoms with E-state index in [4.69, 9.17) is 28.4 Å². The van der Waals surface area contributed by atoms with Crippen LogP contribution in [-0.4, -0.2) is 45.9 Å². The summed E-state index contributed by atoms with van der Waals surface area (Å²) in [5.74, 6) is 2.25. The molecule has 3 rings (SSSR count). The maximum atomic E-state index is 12.5. The highest BCUT2D eigenvalue weighted by atomic mass is 32.1. The Morgan fingerprint density at radius 2 is 1.61 bits per heavy atom. The van der Waals surface area contributed by atoms with Crippen molar-refractivity contribution in [2.75, 3.05) is 40.9 Å². The third kappa shape index (κ3) is 5.78. The summed E-state index contributed by atoms with van der Waals surface area (Å²) >= 11 is 1.11. The molecule has 2 aromatic carbocycles. The van der Waals surface area contributed by atoms with Crippen molar-refractivity contribution in [3.63, 3.8) is 0 Å². The average Bonchev–Trinajstić information content (AvgIpc) is 3.27. The first-order chi connectivity index (χ1) is 16.0. The molecule has 1 aromatic heterocycles. The van der Waals surface area contributed by atoms with Crippen LogP contribution in [0.1, 0.15) is 21.5 Å². The van der Waals surface area contributed by atoms with Crippen molar-refractivity contribution >= 4 is 22.5 Å². The van der Waals surface area contributed by atoms with E-state index in [2.05, 4.69) is 9.69 Å². The van der Waals surface area contributed by atoms with Gasteiger partial charge in [0, 0.05) is 24.2 Å². The SMILES string of the molecule is COC(=O)c1c(OCc2cc(OC)cc(OC)c2)nsc1NCc1ccc(OC)cc1OC. The van der Waals surface area contributed by atoms with Crippen molar-refractivity contribution in [3.8, 4) is 28.9 Å². The molecular formula is C23H26N2O7S. The Bertz CT molecular complexity index is 1080. The number of carbonyl (C=O) groups excluding carboxylic acids is 1. The lowest BCUT2D eigenvalue weighted by Gasteiger charge is -2.12. The number of benzene rings is 2. The Labute approximate surface area is 196 Å². The predicted octanol–water partition coefficient (Wildman–Crippen LogP) is 4.16. The van der Waals surface area contributed by atoms with Crippen LogP contribution in [0.15, 0.2) is 36.4 Å². The van der Waals surface area contributed by atoms with Gasteiger partial charge in [-0.3, -0.25) is 0 Å². The number of aromatic nitrogens is 1. The molecule has 0 radical (unpaired) electrons. The molecular weight excluding hydrogens is 448 g/mol. The summed E-state index contributed by atoms with van der Waals surface area (Å²) in [5.41, 5.74) is 1.91. The Balaban J connectivity index is 1.79. The molecule has 3 aromatic rings. The summed E-state index contributed by atoms with van der Waals surface area (Å²) in [7, 11) is 7.64. The van der Waals surface area contributed by atoms with Gasteiger partial charge in [-0.05, 0) is 41.4 Å². The molecule has 9 nitrogen and oxygen atoms in total. The smallest absolute Gasteiger partial charge is 0.346 e. The number of nitrogens with one attached hydrogen (secondary N) is 1. The van der Waals surface area contributed by atoms with E-state index in [-0.39, 0.29) is 18.1 Å². The van der Waals surface area contributed by atoms with E-state index in [1.165, 1.54) is 7.11 Å². The molecule has 0 aliphatic carbocycles. The van der Waals surface area contributed by atoms with Crippen LogP contribution in [0.5, 0.6) is 28.9 Å². The van der Waals surface area contributed by atoms with E-state index in [1.54, 1.807) is 40.6 Å². The number of ether oxygens (including phenoxy) is 6. The quantitative estimate of drug-likeness (QED) is 0.411. The average molecular weight is 475 g/mol. The molecule has 0 unspecified atom stereocenters. The first kappa shape index (κ1) is 24.0. The second kappa shape index (κ2) is 11.3. The minimum atomic E-state index is -0.550. The van der Waals surface area contributed by atoms with Crippen LogP contribution in [0, 0.1) is 0 Å². The zero-order valence-corrected chi connectivity index (χ0v) is 19.9. The molecule has 0 atom stereocenters. The number of esters is 1. The molecule has 0 spiro atoms. The zero-order chi connectivity index (χ0) is 23.8. The Hall–Kier alpha value is -3.66. The molecule has 0 aliphatic heterocycles. The number of anilines is 1. The number of carbonyl (C=O) groups is 1. The number of hydrogen-bond acceptors (Lipinski definition) is 10. The van der Waals surface area contributed by atoms with Crippen molar-refractivity contribution < 1.29 is 33.2 Å². The highest BCUT2D eigenvalue weighted by molar-refractivity contribution is 7.10. The third-order valence-corrected chi connectivity index (χ3v) is 5.56. The first-order valence-electron chi connectivity index (χ1n) is 9.90. The van der Waals surface area contributed by atoms with E-state index in [9.17, 15) is 4.79 Å². The maximum Gasteiger partial charge on any atom is 0.346 e. The molecule has 0 saturated carbocycles. The summed E-state index contributed by atoms with van der Waals surface area (Å²) in [6.07, 6.45) is 0. The van der Waals surface area contributed by atoms with Crippen molar-refractivity contribution in [2.24, 2.45) is 0 Å². The number of nitrogens with zero attached hydrogens (tertiary/aromatic N) is 1. The molecule has 176 valence electrons. The van der Waals surface area contributed by atoms with Gasteiger partial charge in [0.2, 0.25) is 5.88 Å². The van der Waals surface area contributed by atoms with E-state index < -0.39 is 5.97 Å². The second-order valence-corrected chi connectivity index (χ2v) is 7.50. The van der Waals surface area contributed by atoms with Gasteiger partial charge >= 0.3 is 5.97 Å². The molecule has 0 fully saturated rings. The highest BCUT2D eigenvalue weighted by Crippen LogP contribution is 2.34. The fraction of sp³-hybridized carbons (Fsp3) is 0.304. The zero-order valence-electron chi connectivity index (χ0n) is 19.1. The summed E-state index contributed by atoms with van der Waals surface area (Å²) < 4.78 is 36.4. The topological polar surface area (TPSA) is 97.4 Å². The van der Waals surface area contributed by atoms with Gasteiger partial charge in [-0.25, -0.2) is 4.79 Å². The molecule has 0 aliphatic rings. The minimum absolute atomic E-state index is 0.160. The summed E-state index contributed by atoms with van der Waals surface area (Å²) in [6, 6.07) is 10.9. The summed E-state index contributed by atoms with van der Waals surface area (Å²) in [5, 5.41) is 3.75. The Morgan fingerprint density at radius 3 is 2.21 bits per heavy atom. The normalized spacial score (nSPS) is 10.3. The first-order valence-corrected chi connectivity index (χ1v) is 10.7. The lowest BCUT2D eigenvalue weighted by atomic mass is 10.2. The molecule has 1 heterocycles. The molecule has 1 N–H and O–H groups in total. The third-order valence-electron chi connectivity index (χ3n) is 4.77. The Kier molecular flexibility index (Phi) is 8.20. The number of methoxy groups -OCH3 is 5. The molecule has 0 amide bonds. The van der Waals surface area contributed by atoms with E-state index in [0.29, 0.717) is 34.5 Å².